The molecule has 8 nitrogen and oxygen atoms in total. The number of nitrogens with zero attached hydrogens (tertiary/aromatic N) is 4. The Morgan fingerprint density at radius 2 is 1.89 bits per heavy atom. The Balaban J connectivity index is 1.28. The van der Waals surface area contributed by atoms with Crippen molar-refractivity contribution in [2.75, 3.05) is 19.6 Å². The van der Waals surface area contributed by atoms with E-state index in [1.54, 1.807) is 36.8 Å². The highest BCUT2D eigenvalue weighted by Gasteiger charge is 2.32. The third-order valence-electron chi connectivity index (χ3n) is 6.26. The van der Waals surface area contributed by atoms with Gasteiger partial charge in [0, 0.05) is 44.5 Å². The van der Waals surface area contributed by atoms with E-state index in [9.17, 15) is 13.2 Å². The van der Waals surface area contributed by atoms with Crippen LogP contribution in [0.2, 0.25) is 0 Å². The van der Waals surface area contributed by atoms with E-state index >= 15 is 0 Å². The lowest BCUT2D eigenvalue weighted by atomic mass is 9.99. The molecular formula is C26H29N5O3S. The van der Waals surface area contributed by atoms with Crippen LogP contribution < -0.4 is 5.32 Å². The second-order valence-corrected chi connectivity index (χ2v) is 10.8. The summed E-state index contributed by atoms with van der Waals surface area (Å²) in [6.07, 6.45) is 5.51. The van der Waals surface area contributed by atoms with Crippen LogP contribution in [0.5, 0.6) is 0 Å². The summed E-state index contributed by atoms with van der Waals surface area (Å²) >= 11 is 0. The molecule has 1 N–H and O–H groups in total. The number of nitrogens with one attached hydrogen (secondary N) is 1. The van der Waals surface area contributed by atoms with Crippen LogP contribution in [0, 0.1) is 17.2 Å². The number of benzene rings is 2. The number of hydrogen-bond acceptors (Lipinski definition) is 5. The largest absolute Gasteiger partial charge is 0.355 e. The van der Waals surface area contributed by atoms with Crippen molar-refractivity contribution in [3.63, 3.8) is 0 Å². The molecule has 2 heterocycles. The van der Waals surface area contributed by atoms with E-state index in [1.807, 2.05) is 34.9 Å². The molecule has 35 heavy (non-hydrogen) atoms. The Bertz CT molecular complexity index is 1280. The van der Waals surface area contributed by atoms with Crippen LogP contribution in [-0.4, -0.2) is 47.8 Å². The molecule has 1 fully saturated rings. The summed E-state index contributed by atoms with van der Waals surface area (Å²) < 4.78 is 29.2. The van der Waals surface area contributed by atoms with Crippen LogP contribution in [0.3, 0.4) is 0 Å². The smallest absolute Gasteiger partial charge is 0.224 e. The molecule has 1 amide bonds. The number of sulfonamides is 1. The standard InChI is InChI=1S/C26H29N5O3S/c27-15-21-8-10-22(11-9-21)17-30-20-28-16-25(30)12-13-29-26(32)24-7-4-14-31(18-24)35(33,34)19-23-5-2-1-3-6-23/h1-3,5-6,8-11,16,20,24H,4,7,12-14,17-19H2,(H,29,32)/t24-/m1/s1. The van der Waals surface area contributed by atoms with E-state index in [0.29, 0.717) is 44.5 Å². The van der Waals surface area contributed by atoms with Gasteiger partial charge in [-0.15, -0.1) is 0 Å². The summed E-state index contributed by atoms with van der Waals surface area (Å²) in [5.74, 6) is -0.508. The molecule has 9 heteroatoms. The zero-order chi connectivity index (χ0) is 24.7. The fourth-order valence-corrected chi connectivity index (χ4v) is 5.93. The van der Waals surface area contributed by atoms with Crippen LogP contribution in [0.15, 0.2) is 67.1 Å². The maximum atomic E-state index is 12.9. The number of carbonyl (C=O) groups is 1. The first-order valence-electron chi connectivity index (χ1n) is 11.7. The topological polar surface area (TPSA) is 108 Å². The van der Waals surface area contributed by atoms with Crippen LogP contribution in [0.4, 0.5) is 0 Å². The van der Waals surface area contributed by atoms with Gasteiger partial charge in [0.25, 0.3) is 0 Å². The van der Waals surface area contributed by atoms with Gasteiger partial charge in [0.1, 0.15) is 0 Å². The highest BCUT2D eigenvalue weighted by atomic mass is 32.2. The summed E-state index contributed by atoms with van der Waals surface area (Å²) in [7, 11) is -3.47. The van der Waals surface area contributed by atoms with Crippen molar-refractivity contribution in [1.82, 2.24) is 19.2 Å². The van der Waals surface area contributed by atoms with Gasteiger partial charge >= 0.3 is 0 Å². The first-order chi connectivity index (χ1) is 16.9. The zero-order valence-corrected chi connectivity index (χ0v) is 20.3. The monoisotopic (exact) mass is 491 g/mol. The summed E-state index contributed by atoms with van der Waals surface area (Å²) in [5.41, 5.74) is 3.42. The Hall–Kier alpha value is -3.48. The van der Waals surface area contributed by atoms with Gasteiger partial charge in [-0.2, -0.15) is 5.26 Å². The second kappa shape index (κ2) is 11.3. The zero-order valence-electron chi connectivity index (χ0n) is 19.5. The number of imidazole rings is 1. The summed E-state index contributed by atoms with van der Waals surface area (Å²) in [5, 5.41) is 11.9. The van der Waals surface area contributed by atoms with Gasteiger partial charge in [-0.05, 0) is 36.1 Å². The lowest BCUT2D eigenvalue weighted by Crippen LogP contribution is -2.46. The molecule has 0 spiro atoms. The third-order valence-corrected chi connectivity index (χ3v) is 8.07. The molecule has 1 aliphatic rings. The molecule has 0 unspecified atom stereocenters. The van der Waals surface area contributed by atoms with Gasteiger partial charge in [0.2, 0.25) is 15.9 Å². The van der Waals surface area contributed by atoms with E-state index in [1.165, 1.54) is 4.31 Å². The Labute approximate surface area is 206 Å². The maximum absolute atomic E-state index is 12.9. The lowest BCUT2D eigenvalue weighted by molar-refractivity contribution is -0.126. The first-order valence-corrected chi connectivity index (χ1v) is 13.3. The number of piperidine rings is 1. The minimum absolute atomic E-state index is 0.0502. The van der Waals surface area contributed by atoms with Crippen molar-refractivity contribution in [2.24, 2.45) is 5.92 Å². The Kier molecular flexibility index (Phi) is 7.95. The third kappa shape index (κ3) is 6.56. The van der Waals surface area contributed by atoms with Crippen molar-refractivity contribution in [2.45, 2.75) is 31.6 Å². The van der Waals surface area contributed by atoms with Gasteiger partial charge in [0.05, 0.1) is 29.6 Å². The highest BCUT2D eigenvalue weighted by Crippen LogP contribution is 2.21. The fraction of sp³-hybridized carbons (Fsp3) is 0.346. The van der Waals surface area contributed by atoms with Gasteiger partial charge in [-0.3, -0.25) is 4.79 Å². The van der Waals surface area contributed by atoms with E-state index in [2.05, 4.69) is 16.4 Å². The highest BCUT2D eigenvalue weighted by molar-refractivity contribution is 7.88. The minimum Gasteiger partial charge on any atom is -0.355 e. The lowest BCUT2D eigenvalue weighted by Gasteiger charge is -2.31. The summed E-state index contributed by atoms with van der Waals surface area (Å²) in [6.45, 7) is 1.75. The predicted octanol–water partition coefficient (Wildman–Crippen LogP) is 2.70. The van der Waals surface area contributed by atoms with Crippen LogP contribution >= 0.6 is 0 Å². The van der Waals surface area contributed by atoms with Crippen molar-refractivity contribution in [3.8, 4) is 6.07 Å². The summed E-state index contributed by atoms with van der Waals surface area (Å²) in [4.78, 5) is 17.0. The van der Waals surface area contributed by atoms with Crippen molar-refractivity contribution >= 4 is 15.9 Å². The first kappa shape index (κ1) is 24.6. The molecular weight excluding hydrogens is 462 g/mol. The minimum atomic E-state index is -3.47. The van der Waals surface area contributed by atoms with Gasteiger partial charge in [0.15, 0.2) is 0 Å². The van der Waals surface area contributed by atoms with Crippen molar-refractivity contribution in [1.29, 1.82) is 5.26 Å². The normalized spacial score (nSPS) is 16.5. The van der Waals surface area contributed by atoms with Gasteiger partial charge in [-0.25, -0.2) is 17.7 Å². The summed E-state index contributed by atoms with van der Waals surface area (Å²) in [6, 6.07) is 18.7. The second-order valence-electron chi connectivity index (χ2n) is 8.80. The molecule has 0 saturated carbocycles. The molecule has 182 valence electrons. The number of hydrogen-bond donors (Lipinski definition) is 1. The number of amides is 1. The molecule has 1 aromatic heterocycles. The predicted molar refractivity (Wildman–Crippen MR) is 133 cm³/mol. The van der Waals surface area contributed by atoms with E-state index in [-0.39, 0.29) is 24.1 Å². The molecule has 0 bridgehead atoms. The molecule has 1 atom stereocenters. The quantitative estimate of drug-likeness (QED) is 0.495. The fourth-order valence-electron chi connectivity index (χ4n) is 4.32. The molecule has 1 aliphatic heterocycles. The number of carbonyl (C=O) groups excluding carboxylic acids is 1. The van der Waals surface area contributed by atoms with Crippen molar-refractivity contribution in [3.05, 3.63) is 89.5 Å². The van der Waals surface area contributed by atoms with Crippen LogP contribution in [0.1, 0.15) is 35.2 Å². The molecule has 2 aromatic carbocycles. The average Bonchev–Trinajstić information content (AvgIpc) is 3.31. The molecule has 4 rings (SSSR count). The van der Waals surface area contributed by atoms with Crippen molar-refractivity contribution < 1.29 is 13.2 Å². The molecule has 3 aromatic rings. The maximum Gasteiger partial charge on any atom is 0.224 e. The Morgan fingerprint density at radius 3 is 2.63 bits per heavy atom. The van der Waals surface area contributed by atoms with E-state index < -0.39 is 10.0 Å². The van der Waals surface area contributed by atoms with E-state index in [0.717, 1.165) is 16.8 Å². The van der Waals surface area contributed by atoms with Gasteiger partial charge < -0.3 is 9.88 Å². The molecule has 0 radical (unpaired) electrons. The number of rotatable bonds is 9. The SMILES string of the molecule is N#Cc1ccc(Cn2cncc2CCNC(=O)[C@@H]2CCCN(S(=O)(=O)Cc3ccccc3)C2)cc1. The van der Waals surface area contributed by atoms with Crippen LogP contribution in [-0.2, 0) is 33.5 Å². The van der Waals surface area contributed by atoms with Gasteiger partial charge in [-0.1, -0.05) is 42.5 Å². The Morgan fingerprint density at radius 1 is 1.11 bits per heavy atom. The average molecular weight is 492 g/mol. The number of aromatic nitrogens is 2. The van der Waals surface area contributed by atoms with E-state index in [4.69, 9.17) is 5.26 Å². The molecule has 0 aliphatic carbocycles. The number of nitriles is 1. The van der Waals surface area contributed by atoms with Crippen LogP contribution in [0.25, 0.3) is 0 Å². The molecule has 1 saturated heterocycles.